The fourth-order valence-corrected chi connectivity index (χ4v) is 8.32. The van der Waals surface area contributed by atoms with Crippen molar-refractivity contribution in [2.24, 2.45) is 0 Å². The highest BCUT2D eigenvalue weighted by molar-refractivity contribution is 7.91. The topological polar surface area (TPSA) is 146 Å². The van der Waals surface area contributed by atoms with E-state index in [0.29, 0.717) is 46.0 Å². The first-order chi connectivity index (χ1) is 30.4. The lowest BCUT2D eigenvalue weighted by molar-refractivity contribution is 0.143. The molecule has 2 N–H and O–H groups in total. The van der Waals surface area contributed by atoms with Gasteiger partial charge in [-0.2, -0.15) is 0 Å². The monoisotopic (exact) mass is 890 g/mol. The Kier molecular flexibility index (Phi) is 13.0. The van der Waals surface area contributed by atoms with Crippen molar-refractivity contribution >= 4 is 19.7 Å². The van der Waals surface area contributed by atoms with Crippen LogP contribution in [0.3, 0.4) is 0 Å². The van der Waals surface area contributed by atoms with Crippen LogP contribution in [0.15, 0.2) is 189 Å². The van der Waals surface area contributed by atoms with Gasteiger partial charge < -0.3 is 29.2 Å². The molecule has 0 saturated carbocycles. The van der Waals surface area contributed by atoms with Gasteiger partial charge in [-0.05, 0) is 198 Å². The second-order valence-corrected chi connectivity index (χ2v) is 19.3. The number of benzene rings is 7. The van der Waals surface area contributed by atoms with Gasteiger partial charge in [0, 0.05) is 11.1 Å². The fraction of sp³-hybridized carbons (Fsp3) is 0.115. The molecule has 7 aromatic carbocycles. The van der Waals surface area contributed by atoms with Gasteiger partial charge in [-0.15, -0.1) is 0 Å². The molecule has 0 unspecified atom stereocenters. The van der Waals surface area contributed by atoms with Crippen molar-refractivity contribution < 1.29 is 46.0 Å². The van der Waals surface area contributed by atoms with E-state index in [2.05, 4.69) is 23.7 Å². The van der Waals surface area contributed by atoms with Crippen LogP contribution in [0.4, 0.5) is 0 Å². The van der Waals surface area contributed by atoms with E-state index in [4.69, 9.17) is 18.9 Å². The average Bonchev–Trinajstić information content (AvgIpc) is 3.27. The van der Waals surface area contributed by atoms with Crippen LogP contribution >= 0.6 is 0 Å². The van der Waals surface area contributed by atoms with Gasteiger partial charge in [0.1, 0.15) is 57.2 Å². The third-order valence-electron chi connectivity index (χ3n) is 9.04. The van der Waals surface area contributed by atoms with E-state index in [0.717, 1.165) is 11.1 Å². The number of ether oxygens (including phenoxy) is 4. The number of rotatable bonds is 12. The Morgan fingerprint density at radius 3 is 0.688 bits per heavy atom. The summed E-state index contributed by atoms with van der Waals surface area (Å²) >= 11 is 0. The Balaban J connectivity index is 0.904. The molecule has 0 aliphatic carbocycles. The predicted molar refractivity (Wildman–Crippen MR) is 243 cm³/mol. The average molecular weight is 891 g/mol. The van der Waals surface area contributed by atoms with Gasteiger partial charge >= 0.3 is 0 Å². The zero-order chi connectivity index (χ0) is 45.5. The normalized spacial score (nSPS) is 11.6. The zero-order valence-corrected chi connectivity index (χ0v) is 36.8. The molecular weight excluding hydrogens is 849 g/mol. The Morgan fingerprint density at radius 2 is 0.500 bits per heavy atom. The van der Waals surface area contributed by atoms with Crippen molar-refractivity contribution in [1.82, 2.24) is 0 Å². The van der Waals surface area contributed by atoms with E-state index in [1.165, 1.54) is 48.5 Å². The van der Waals surface area contributed by atoms with Gasteiger partial charge in [0.2, 0.25) is 19.7 Å². The molecule has 7 rings (SSSR count). The third-order valence-corrected chi connectivity index (χ3v) is 12.6. The molecule has 12 heteroatoms. The summed E-state index contributed by atoms with van der Waals surface area (Å²) in [6.45, 7) is 6.43. The summed E-state index contributed by atoms with van der Waals surface area (Å²) in [5.74, 6) is 15.2. The van der Waals surface area contributed by atoms with Crippen molar-refractivity contribution in [2.75, 3.05) is 0 Å². The van der Waals surface area contributed by atoms with Crippen LogP contribution in [0.25, 0.3) is 0 Å². The molecule has 0 bridgehead atoms. The molecule has 64 heavy (non-hydrogen) atoms. The largest absolute Gasteiger partial charge is 0.457 e. The molecule has 322 valence electrons. The number of aliphatic hydroxyl groups is 2. The van der Waals surface area contributed by atoms with Gasteiger partial charge in [0.05, 0.1) is 19.6 Å². The van der Waals surface area contributed by atoms with Crippen molar-refractivity contribution in [3.63, 3.8) is 0 Å². The molecule has 0 aliphatic heterocycles. The summed E-state index contributed by atoms with van der Waals surface area (Å²) in [6, 6.07) is 45.3. The Morgan fingerprint density at radius 1 is 0.328 bits per heavy atom. The summed E-state index contributed by atoms with van der Waals surface area (Å²) in [7, 11) is -7.66. The third kappa shape index (κ3) is 12.0. The highest BCUT2D eigenvalue weighted by Crippen LogP contribution is 2.32. The van der Waals surface area contributed by atoms with E-state index in [1.54, 1.807) is 149 Å². The maximum Gasteiger partial charge on any atom is 0.206 e. The highest BCUT2D eigenvalue weighted by atomic mass is 32.2. The molecular formula is C52H42O10S2. The van der Waals surface area contributed by atoms with Crippen LogP contribution in [-0.4, -0.2) is 38.3 Å². The van der Waals surface area contributed by atoms with Crippen molar-refractivity contribution in [3.8, 4) is 69.7 Å². The van der Waals surface area contributed by atoms with E-state index < -0.39 is 30.9 Å². The summed E-state index contributed by atoms with van der Waals surface area (Å²) in [6.07, 6.45) is 0. The second-order valence-electron chi connectivity index (χ2n) is 15.4. The Labute approximate surface area is 373 Å². The summed E-state index contributed by atoms with van der Waals surface area (Å²) < 4.78 is 77.2. The smallest absolute Gasteiger partial charge is 0.206 e. The first-order valence-electron chi connectivity index (χ1n) is 19.8. The molecule has 0 aliphatic rings. The zero-order valence-electron chi connectivity index (χ0n) is 35.1. The standard InChI is InChI=1S/C52H42O10S2/c1-51(2,53)35-33-37-5-9-39(10-6-37)59-43-17-25-47(26-18-43)63(55,56)49-29-21-45(22-30-49)61-41-13-15-42(16-14-41)62-46-23-31-50(32-24-46)64(57,58)48-27-19-44(20-28-48)60-40-11-7-38(8-12-40)34-36-52(3,4)54/h5-32,53-54H,1-4H3. The molecule has 0 saturated heterocycles. The van der Waals surface area contributed by atoms with Gasteiger partial charge in [0.25, 0.3) is 0 Å². The number of hydrogen-bond donors (Lipinski definition) is 2. The van der Waals surface area contributed by atoms with E-state index in [-0.39, 0.29) is 19.6 Å². The lowest BCUT2D eigenvalue weighted by atomic mass is 10.1. The fourth-order valence-electron chi connectivity index (χ4n) is 5.80. The number of sulfone groups is 2. The molecule has 10 nitrogen and oxygen atoms in total. The van der Waals surface area contributed by atoms with Crippen LogP contribution in [0, 0.1) is 23.7 Å². The number of hydrogen-bond acceptors (Lipinski definition) is 10. The van der Waals surface area contributed by atoms with Crippen molar-refractivity contribution in [3.05, 3.63) is 181 Å². The summed E-state index contributed by atoms with van der Waals surface area (Å²) in [4.78, 5) is 0.393. The van der Waals surface area contributed by atoms with Crippen LogP contribution in [0.2, 0.25) is 0 Å². The van der Waals surface area contributed by atoms with Crippen molar-refractivity contribution in [2.45, 2.75) is 58.5 Å². The maximum absolute atomic E-state index is 13.4. The highest BCUT2D eigenvalue weighted by Gasteiger charge is 2.20. The first kappa shape index (κ1) is 44.7. The molecule has 0 spiro atoms. The summed E-state index contributed by atoms with van der Waals surface area (Å²) in [5.41, 5.74) is -0.754. The predicted octanol–water partition coefficient (Wildman–Crippen LogP) is 10.8. The lowest BCUT2D eigenvalue weighted by Gasteiger charge is -2.11. The molecule has 0 aromatic heterocycles. The first-order valence-corrected chi connectivity index (χ1v) is 22.8. The van der Waals surface area contributed by atoms with Crippen LogP contribution in [0.5, 0.6) is 46.0 Å². The van der Waals surface area contributed by atoms with E-state index in [1.807, 2.05) is 0 Å². The van der Waals surface area contributed by atoms with Gasteiger partial charge in [0.15, 0.2) is 0 Å². The van der Waals surface area contributed by atoms with E-state index in [9.17, 15) is 27.0 Å². The van der Waals surface area contributed by atoms with Crippen molar-refractivity contribution in [1.29, 1.82) is 0 Å². The quantitative estimate of drug-likeness (QED) is 0.114. The molecule has 0 atom stereocenters. The minimum atomic E-state index is -3.83. The van der Waals surface area contributed by atoms with Gasteiger partial charge in [-0.3, -0.25) is 0 Å². The molecule has 0 radical (unpaired) electrons. The van der Waals surface area contributed by atoms with Gasteiger partial charge in [-0.25, -0.2) is 16.8 Å². The second kappa shape index (κ2) is 18.6. The van der Waals surface area contributed by atoms with Crippen LogP contribution < -0.4 is 18.9 Å². The van der Waals surface area contributed by atoms with Gasteiger partial charge in [-0.1, -0.05) is 23.7 Å². The minimum absolute atomic E-state index is 0.0942. The molecule has 0 fully saturated rings. The van der Waals surface area contributed by atoms with Crippen LogP contribution in [0.1, 0.15) is 38.8 Å². The minimum Gasteiger partial charge on any atom is -0.457 e. The lowest BCUT2D eigenvalue weighted by Crippen LogP contribution is -2.14. The van der Waals surface area contributed by atoms with Crippen LogP contribution in [-0.2, 0) is 19.7 Å². The SMILES string of the molecule is CC(C)(O)C#Cc1ccc(Oc2ccc(S(=O)(=O)c3ccc(Oc4ccc(Oc5ccc(S(=O)(=O)c6ccc(Oc7ccc(C#CC(C)(C)O)cc7)cc6)cc5)cc4)cc3)cc2)cc1. The molecule has 0 heterocycles. The summed E-state index contributed by atoms with van der Waals surface area (Å²) in [5, 5.41) is 19.6. The molecule has 0 amide bonds. The molecule has 7 aromatic rings. The van der Waals surface area contributed by atoms with E-state index >= 15 is 0 Å². The Bertz CT molecular complexity index is 2860. The Hall–Kier alpha value is -7.32. The maximum atomic E-state index is 13.4.